The highest BCUT2D eigenvalue weighted by atomic mass is 16.2. The highest BCUT2D eigenvalue weighted by Gasteiger charge is 2.42. The van der Waals surface area contributed by atoms with Crippen molar-refractivity contribution in [2.45, 2.75) is 32.6 Å². The molecular formula is C16H23N3O2. The lowest BCUT2D eigenvalue weighted by Gasteiger charge is -2.30. The van der Waals surface area contributed by atoms with Gasteiger partial charge in [-0.25, -0.2) is 0 Å². The molecule has 1 aliphatic carbocycles. The van der Waals surface area contributed by atoms with E-state index in [9.17, 15) is 9.59 Å². The Kier molecular flexibility index (Phi) is 4.60. The number of carbonyl (C=O) groups excluding carboxylic acids is 2. The van der Waals surface area contributed by atoms with Crippen molar-refractivity contribution in [2.75, 3.05) is 20.6 Å². The first kappa shape index (κ1) is 15.5. The number of rotatable bonds is 4. The Morgan fingerprint density at radius 1 is 1.33 bits per heavy atom. The van der Waals surface area contributed by atoms with Crippen molar-refractivity contribution in [2.24, 2.45) is 5.41 Å². The van der Waals surface area contributed by atoms with Crippen LogP contribution in [0.4, 0.5) is 0 Å². The molecule has 5 heteroatoms. The lowest BCUT2D eigenvalue weighted by molar-refractivity contribution is -0.138. The second kappa shape index (κ2) is 6.24. The molecule has 0 saturated heterocycles. The first-order valence-electron chi connectivity index (χ1n) is 7.38. The van der Waals surface area contributed by atoms with E-state index in [1.54, 1.807) is 37.3 Å². The molecule has 114 valence electrons. The van der Waals surface area contributed by atoms with Gasteiger partial charge in [-0.1, -0.05) is 12.8 Å². The molecule has 1 heterocycles. The molecule has 0 atom stereocenters. The highest BCUT2D eigenvalue weighted by molar-refractivity contribution is 5.95. The summed E-state index contributed by atoms with van der Waals surface area (Å²) in [5, 5.41) is 2.93. The number of pyridine rings is 1. The minimum Gasteiger partial charge on any atom is -0.351 e. The number of nitrogens with zero attached hydrogens (tertiary/aromatic N) is 2. The van der Waals surface area contributed by atoms with Crippen molar-refractivity contribution in [1.82, 2.24) is 15.2 Å². The van der Waals surface area contributed by atoms with Gasteiger partial charge in [-0.3, -0.25) is 14.6 Å². The minimum atomic E-state index is -0.435. The van der Waals surface area contributed by atoms with Crippen molar-refractivity contribution < 1.29 is 9.59 Å². The SMILES string of the molecule is Cc1ncccc1C(=O)NCC1(C(=O)N(C)C)CCCC1. The first-order chi connectivity index (χ1) is 9.96. The van der Waals surface area contributed by atoms with Crippen LogP contribution >= 0.6 is 0 Å². The van der Waals surface area contributed by atoms with E-state index in [0.717, 1.165) is 25.7 Å². The molecule has 1 N–H and O–H groups in total. The van der Waals surface area contributed by atoms with Gasteiger partial charge < -0.3 is 10.2 Å². The Morgan fingerprint density at radius 3 is 2.57 bits per heavy atom. The van der Waals surface area contributed by atoms with Crippen molar-refractivity contribution in [3.8, 4) is 0 Å². The zero-order valence-corrected chi connectivity index (χ0v) is 13.0. The standard InChI is InChI=1S/C16H23N3O2/c1-12-13(7-6-10-17-12)14(20)18-11-16(8-4-5-9-16)15(21)19(2)3/h6-7,10H,4-5,8-9,11H2,1-3H3,(H,18,20). The zero-order valence-electron chi connectivity index (χ0n) is 13.0. The second-order valence-electron chi connectivity index (χ2n) is 6.01. The Morgan fingerprint density at radius 2 is 2.00 bits per heavy atom. The van der Waals surface area contributed by atoms with Crippen LogP contribution in [0.2, 0.25) is 0 Å². The summed E-state index contributed by atoms with van der Waals surface area (Å²) in [4.78, 5) is 30.5. The van der Waals surface area contributed by atoms with Crippen molar-refractivity contribution in [3.63, 3.8) is 0 Å². The minimum absolute atomic E-state index is 0.114. The molecule has 1 aromatic rings. The number of hydrogen-bond acceptors (Lipinski definition) is 3. The number of aryl methyl sites for hydroxylation is 1. The van der Waals surface area contributed by atoms with E-state index in [4.69, 9.17) is 0 Å². The molecule has 0 aliphatic heterocycles. The Bertz CT molecular complexity index is 534. The van der Waals surface area contributed by atoms with E-state index in [-0.39, 0.29) is 11.8 Å². The smallest absolute Gasteiger partial charge is 0.253 e. The third-order valence-corrected chi connectivity index (χ3v) is 4.26. The topological polar surface area (TPSA) is 62.3 Å². The van der Waals surface area contributed by atoms with E-state index >= 15 is 0 Å². The van der Waals surface area contributed by atoms with Gasteiger partial charge in [0.15, 0.2) is 0 Å². The quantitative estimate of drug-likeness (QED) is 0.919. The number of hydrogen-bond donors (Lipinski definition) is 1. The number of carbonyl (C=O) groups is 2. The summed E-state index contributed by atoms with van der Waals surface area (Å²) in [5.41, 5.74) is 0.840. The van der Waals surface area contributed by atoms with Gasteiger partial charge in [0, 0.05) is 32.5 Å². The third-order valence-electron chi connectivity index (χ3n) is 4.26. The Balaban J connectivity index is 2.08. The molecule has 21 heavy (non-hydrogen) atoms. The maximum atomic E-state index is 12.4. The van der Waals surface area contributed by atoms with Gasteiger partial charge in [0.05, 0.1) is 11.0 Å². The van der Waals surface area contributed by atoms with Crippen LogP contribution in [0.3, 0.4) is 0 Å². The third kappa shape index (κ3) is 3.23. The molecule has 0 aromatic carbocycles. The fraction of sp³-hybridized carbons (Fsp3) is 0.562. The first-order valence-corrected chi connectivity index (χ1v) is 7.38. The molecule has 0 spiro atoms. The average molecular weight is 289 g/mol. The van der Waals surface area contributed by atoms with Crippen LogP contribution in [-0.2, 0) is 4.79 Å². The van der Waals surface area contributed by atoms with Gasteiger partial charge in [-0.05, 0) is 31.9 Å². The summed E-state index contributed by atoms with van der Waals surface area (Å²) in [7, 11) is 3.55. The summed E-state index contributed by atoms with van der Waals surface area (Å²) in [5.74, 6) is -0.0401. The molecule has 5 nitrogen and oxygen atoms in total. The fourth-order valence-electron chi connectivity index (χ4n) is 3.06. The van der Waals surface area contributed by atoms with E-state index in [0.29, 0.717) is 17.8 Å². The van der Waals surface area contributed by atoms with Gasteiger partial charge in [-0.2, -0.15) is 0 Å². The van der Waals surface area contributed by atoms with E-state index in [1.807, 2.05) is 6.92 Å². The van der Waals surface area contributed by atoms with E-state index in [1.165, 1.54) is 0 Å². The van der Waals surface area contributed by atoms with Crippen LogP contribution in [0.15, 0.2) is 18.3 Å². The maximum Gasteiger partial charge on any atom is 0.253 e. The second-order valence-corrected chi connectivity index (χ2v) is 6.01. The average Bonchev–Trinajstić information content (AvgIpc) is 2.94. The zero-order chi connectivity index (χ0) is 15.5. The number of amides is 2. The molecular weight excluding hydrogens is 266 g/mol. The lowest BCUT2D eigenvalue weighted by Crippen LogP contribution is -2.46. The fourth-order valence-corrected chi connectivity index (χ4v) is 3.06. The predicted molar refractivity (Wildman–Crippen MR) is 80.9 cm³/mol. The molecule has 1 aromatic heterocycles. The molecule has 0 radical (unpaired) electrons. The normalized spacial score (nSPS) is 16.5. The summed E-state index contributed by atoms with van der Waals surface area (Å²) in [6.07, 6.45) is 5.44. The largest absolute Gasteiger partial charge is 0.351 e. The summed E-state index contributed by atoms with van der Waals surface area (Å²) >= 11 is 0. The maximum absolute atomic E-state index is 12.4. The van der Waals surface area contributed by atoms with Gasteiger partial charge in [0.25, 0.3) is 5.91 Å². The molecule has 2 amide bonds. The molecule has 0 bridgehead atoms. The Labute approximate surface area is 125 Å². The molecule has 2 rings (SSSR count). The summed E-state index contributed by atoms with van der Waals surface area (Å²) < 4.78 is 0. The van der Waals surface area contributed by atoms with Crippen molar-refractivity contribution in [3.05, 3.63) is 29.6 Å². The van der Waals surface area contributed by atoms with Crippen LogP contribution in [0.5, 0.6) is 0 Å². The van der Waals surface area contributed by atoms with Gasteiger partial charge in [0.1, 0.15) is 0 Å². The summed E-state index contributed by atoms with van der Waals surface area (Å²) in [6, 6.07) is 3.50. The summed E-state index contributed by atoms with van der Waals surface area (Å²) in [6.45, 7) is 2.21. The monoisotopic (exact) mass is 289 g/mol. The van der Waals surface area contributed by atoms with Gasteiger partial charge in [-0.15, -0.1) is 0 Å². The van der Waals surface area contributed by atoms with Crippen LogP contribution in [0.25, 0.3) is 0 Å². The van der Waals surface area contributed by atoms with Crippen LogP contribution < -0.4 is 5.32 Å². The van der Waals surface area contributed by atoms with Gasteiger partial charge >= 0.3 is 0 Å². The van der Waals surface area contributed by atoms with Crippen LogP contribution in [0, 0.1) is 12.3 Å². The van der Waals surface area contributed by atoms with Crippen molar-refractivity contribution in [1.29, 1.82) is 0 Å². The predicted octanol–water partition coefficient (Wildman–Crippen LogP) is 1.77. The highest BCUT2D eigenvalue weighted by Crippen LogP contribution is 2.38. The lowest BCUT2D eigenvalue weighted by atomic mass is 9.84. The van der Waals surface area contributed by atoms with Crippen LogP contribution in [0.1, 0.15) is 41.7 Å². The van der Waals surface area contributed by atoms with Gasteiger partial charge in [0.2, 0.25) is 5.91 Å². The van der Waals surface area contributed by atoms with Crippen molar-refractivity contribution >= 4 is 11.8 Å². The molecule has 1 saturated carbocycles. The number of nitrogens with one attached hydrogen (secondary N) is 1. The Hall–Kier alpha value is -1.91. The van der Waals surface area contributed by atoms with Crippen LogP contribution in [-0.4, -0.2) is 42.3 Å². The molecule has 1 fully saturated rings. The van der Waals surface area contributed by atoms with E-state index in [2.05, 4.69) is 10.3 Å². The number of aromatic nitrogens is 1. The molecule has 1 aliphatic rings. The molecule has 0 unspecified atom stereocenters. The van der Waals surface area contributed by atoms with E-state index < -0.39 is 5.41 Å².